The van der Waals surface area contributed by atoms with Crippen LogP contribution in [-0.2, 0) is 6.42 Å². The van der Waals surface area contributed by atoms with E-state index < -0.39 is 0 Å². The van der Waals surface area contributed by atoms with E-state index >= 15 is 0 Å². The second-order valence-corrected chi connectivity index (χ2v) is 5.68. The summed E-state index contributed by atoms with van der Waals surface area (Å²) in [5.74, 6) is 0.792. The van der Waals surface area contributed by atoms with Crippen molar-refractivity contribution in [3.63, 3.8) is 0 Å². The van der Waals surface area contributed by atoms with Gasteiger partial charge >= 0.3 is 0 Å². The van der Waals surface area contributed by atoms with Crippen LogP contribution in [0.15, 0.2) is 22.6 Å². The van der Waals surface area contributed by atoms with Crippen molar-refractivity contribution in [3.8, 4) is 0 Å². The standard InChI is InChI=1S/C15H20N2O/c1-11-5-6-13-12(9-11)17-14(18-13)10-15(16)7-3-2-4-8-15/h5-6,9H,2-4,7-8,10,16H2,1H3. The predicted molar refractivity (Wildman–Crippen MR) is 72.5 cm³/mol. The minimum atomic E-state index is -0.103. The van der Waals surface area contributed by atoms with Crippen LogP contribution in [0.4, 0.5) is 0 Å². The Balaban J connectivity index is 1.86. The van der Waals surface area contributed by atoms with Gasteiger partial charge in [-0.05, 0) is 37.5 Å². The first-order valence-corrected chi connectivity index (χ1v) is 6.80. The Morgan fingerprint density at radius 1 is 1.28 bits per heavy atom. The van der Waals surface area contributed by atoms with E-state index in [1.54, 1.807) is 0 Å². The van der Waals surface area contributed by atoms with E-state index in [4.69, 9.17) is 10.2 Å². The van der Waals surface area contributed by atoms with Crippen LogP contribution >= 0.6 is 0 Å². The highest BCUT2D eigenvalue weighted by Gasteiger charge is 2.29. The molecule has 18 heavy (non-hydrogen) atoms. The van der Waals surface area contributed by atoms with Crippen molar-refractivity contribution in [2.24, 2.45) is 5.73 Å². The molecular formula is C15H20N2O. The maximum atomic E-state index is 6.44. The van der Waals surface area contributed by atoms with Crippen LogP contribution in [0.5, 0.6) is 0 Å². The summed E-state index contributed by atoms with van der Waals surface area (Å²) in [6, 6.07) is 6.10. The number of nitrogens with two attached hydrogens (primary N) is 1. The molecule has 1 aromatic carbocycles. The van der Waals surface area contributed by atoms with Gasteiger partial charge in [0.1, 0.15) is 5.52 Å². The number of benzene rings is 1. The summed E-state index contributed by atoms with van der Waals surface area (Å²) in [5, 5.41) is 0. The lowest BCUT2D eigenvalue weighted by Crippen LogP contribution is -2.43. The summed E-state index contributed by atoms with van der Waals surface area (Å²) in [7, 11) is 0. The molecule has 2 N–H and O–H groups in total. The van der Waals surface area contributed by atoms with Crippen molar-refractivity contribution in [2.45, 2.75) is 51.0 Å². The van der Waals surface area contributed by atoms with Crippen LogP contribution in [0.25, 0.3) is 11.1 Å². The van der Waals surface area contributed by atoms with E-state index in [1.807, 2.05) is 6.07 Å². The molecule has 0 bridgehead atoms. The fourth-order valence-electron chi connectivity index (χ4n) is 2.89. The molecule has 0 spiro atoms. The SMILES string of the molecule is Cc1ccc2oc(CC3(N)CCCCC3)nc2c1. The zero-order chi connectivity index (χ0) is 12.6. The van der Waals surface area contributed by atoms with Crippen molar-refractivity contribution in [3.05, 3.63) is 29.7 Å². The molecular weight excluding hydrogens is 224 g/mol. The number of oxazole rings is 1. The number of hydrogen-bond donors (Lipinski definition) is 1. The van der Waals surface area contributed by atoms with Gasteiger partial charge in [-0.25, -0.2) is 4.98 Å². The molecule has 3 heteroatoms. The normalized spacial score (nSPS) is 19.2. The second kappa shape index (κ2) is 4.39. The third-order valence-electron chi connectivity index (χ3n) is 3.94. The topological polar surface area (TPSA) is 52.0 Å². The first-order valence-electron chi connectivity index (χ1n) is 6.80. The van der Waals surface area contributed by atoms with Gasteiger partial charge in [0.25, 0.3) is 0 Å². The highest BCUT2D eigenvalue weighted by atomic mass is 16.3. The maximum absolute atomic E-state index is 6.44. The van der Waals surface area contributed by atoms with Gasteiger partial charge in [0, 0.05) is 12.0 Å². The predicted octanol–water partition coefficient (Wildman–Crippen LogP) is 3.34. The van der Waals surface area contributed by atoms with Crippen molar-refractivity contribution in [2.75, 3.05) is 0 Å². The quantitative estimate of drug-likeness (QED) is 0.881. The Labute approximate surface area is 107 Å². The molecule has 2 aromatic rings. The smallest absolute Gasteiger partial charge is 0.197 e. The summed E-state index contributed by atoms with van der Waals surface area (Å²) in [6.45, 7) is 2.07. The number of aromatic nitrogens is 1. The highest BCUT2D eigenvalue weighted by Crippen LogP contribution is 2.29. The lowest BCUT2D eigenvalue weighted by atomic mass is 9.80. The third-order valence-corrected chi connectivity index (χ3v) is 3.94. The molecule has 1 aromatic heterocycles. The fraction of sp³-hybridized carbons (Fsp3) is 0.533. The Bertz CT molecular complexity index is 553. The average molecular weight is 244 g/mol. The van der Waals surface area contributed by atoms with Gasteiger partial charge in [-0.15, -0.1) is 0 Å². The van der Waals surface area contributed by atoms with Crippen molar-refractivity contribution >= 4 is 11.1 Å². The lowest BCUT2D eigenvalue weighted by molar-refractivity contribution is 0.276. The number of nitrogens with zero attached hydrogens (tertiary/aromatic N) is 1. The van der Waals surface area contributed by atoms with Crippen LogP contribution in [-0.4, -0.2) is 10.5 Å². The lowest BCUT2D eigenvalue weighted by Gasteiger charge is -2.32. The Hall–Kier alpha value is -1.35. The van der Waals surface area contributed by atoms with Gasteiger partial charge in [-0.3, -0.25) is 0 Å². The summed E-state index contributed by atoms with van der Waals surface area (Å²) in [6.07, 6.45) is 6.72. The zero-order valence-electron chi connectivity index (χ0n) is 10.9. The number of hydrogen-bond acceptors (Lipinski definition) is 3. The van der Waals surface area contributed by atoms with E-state index in [0.717, 1.165) is 36.3 Å². The number of rotatable bonds is 2. The number of fused-ring (bicyclic) bond motifs is 1. The van der Waals surface area contributed by atoms with Gasteiger partial charge in [-0.1, -0.05) is 25.3 Å². The van der Waals surface area contributed by atoms with Gasteiger partial charge in [0.05, 0.1) is 0 Å². The van der Waals surface area contributed by atoms with E-state index in [2.05, 4.69) is 24.0 Å². The van der Waals surface area contributed by atoms with Crippen LogP contribution in [0.2, 0.25) is 0 Å². The molecule has 3 nitrogen and oxygen atoms in total. The van der Waals surface area contributed by atoms with E-state index in [9.17, 15) is 0 Å². The monoisotopic (exact) mass is 244 g/mol. The van der Waals surface area contributed by atoms with Crippen LogP contribution in [0.1, 0.15) is 43.6 Å². The van der Waals surface area contributed by atoms with Crippen LogP contribution in [0, 0.1) is 6.92 Å². The van der Waals surface area contributed by atoms with Gasteiger partial charge in [0.2, 0.25) is 0 Å². The van der Waals surface area contributed by atoms with E-state index in [1.165, 1.54) is 24.8 Å². The second-order valence-electron chi connectivity index (χ2n) is 5.68. The Morgan fingerprint density at radius 3 is 2.83 bits per heavy atom. The molecule has 96 valence electrons. The van der Waals surface area contributed by atoms with Crippen molar-refractivity contribution in [1.82, 2.24) is 4.98 Å². The first-order chi connectivity index (χ1) is 8.65. The molecule has 0 saturated heterocycles. The molecule has 0 atom stereocenters. The Kier molecular flexibility index (Phi) is 2.86. The molecule has 1 saturated carbocycles. The molecule has 0 unspecified atom stereocenters. The van der Waals surface area contributed by atoms with E-state index in [-0.39, 0.29) is 5.54 Å². The van der Waals surface area contributed by atoms with Gasteiger partial charge in [0.15, 0.2) is 11.5 Å². The Morgan fingerprint density at radius 2 is 2.06 bits per heavy atom. The summed E-state index contributed by atoms with van der Waals surface area (Å²) >= 11 is 0. The maximum Gasteiger partial charge on any atom is 0.197 e. The average Bonchev–Trinajstić information content (AvgIpc) is 2.70. The largest absolute Gasteiger partial charge is 0.441 e. The van der Waals surface area contributed by atoms with Crippen molar-refractivity contribution < 1.29 is 4.42 Å². The molecule has 3 rings (SSSR count). The highest BCUT2D eigenvalue weighted by molar-refractivity contribution is 5.73. The third kappa shape index (κ3) is 2.27. The molecule has 1 aliphatic carbocycles. The fourth-order valence-corrected chi connectivity index (χ4v) is 2.89. The molecule has 1 aliphatic rings. The summed E-state index contributed by atoms with van der Waals surface area (Å²) in [4.78, 5) is 4.57. The molecule has 1 heterocycles. The van der Waals surface area contributed by atoms with Crippen LogP contribution in [0.3, 0.4) is 0 Å². The zero-order valence-corrected chi connectivity index (χ0v) is 10.9. The molecule has 0 aliphatic heterocycles. The van der Waals surface area contributed by atoms with Crippen molar-refractivity contribution in [1.29, 1.82) is 0 Å². The van der Waals surface area contributed by atoms with Crippen LogP contribution < -0.4 is 5.73 Å². The number of aryl methyl sites for hydroxylation is 1. The summed E-state index contributed by atoms with van der Waals surface area (Å²) in [5.41, 5.74) is 9.37. The molecule has 1 fully saturated rings. The summed E-state index contributed by atoms with van der Waals surface area (Å²) < 4.78 is 5.80. The first kappa shape index (κ1) is 11.7. The molecule has 0 radical (unpaired) electrons. The minimum absolute atomic E-state index is 0.103. The van der Waals surface area contributed by atoms with Gasteiger partial charge < -0.3 is 10.2 Å². The van der Waals surface area contributed by atoms with E-state index in [0.29, 0.717) is 0 Å². The van der Waals surface area contributed by atoms with Gasteiger partial charge in [-0.2, -0.15) is 0 Å². The molecule has 0 amide bonds. The minimum Gasteiger partial charge on any atom is -0.441 e.